The average Bonchev–Trinajstić information content (AvgIpc) is 2.92. The van der Waals surface area contributed by atoms with Gasteiger partial charge in [0.25, 0.3) is 0 Å². The maximum Gasteiger partial charge on any atom is 0.243 e. The molecule has 1 aromatic carbocycles. The minimum absolute atomic E-state index is 0.0368. The van der Waals surface area contributed by atoms with E-state index in [9.17, 15) is 8.42 Å². The second-order valence-electron chi connectivity index (χ2n) is 5.18. The van der Waals surface area contributed by atoms with Crippen molar-refractivity contribution in [2.45, 2.75) is 37.7 Å². The molecule has 1 aliphatic heterocycles. The molecule has 0 amide bonds. The van der Waals surface area contributed by atoms with Crippen LogP contribution in [0.5, 0.6) is 5.75 Å². The topological polar surface area (TPSA) is 46.6 Å². The van der Waals surface area contributed by atoms with E-state index in [-0.39, 0.29) is 6.10 Å². The molecular weight excluding hydrogens is 274 g/mol. The van der Waals surface area contributed by atoms with Crippen LogP contribution >= 0.6 is 0 Å². The Hall–Kier alpha value is -1.33. The van der Waals surface area contributed by atoms with Gasteiger partial charge in [-0.25, -0.2) is 8.42 Å². The van der Waals surface area contributed by atoms with Crippen molar-refractivity contribution < 1.29 is 13.2 Å². The van der Waals surface area contributed by atoms with Crippen LogP contribution in [0.15, 0.2) is 29.7 Å². The molecule has 1 saturated heterocycles. The van der Waals surface area contributed by atoms with Crippen molar-refractivity contribution in [3.05, 3.63) is 30.3 Å². The summed E-state index contributed by atoms with van der Waals surface area (Å²) in [4.78, 5) is 0.311. The normalized spacial score (nSPS) is 16.6. The van der Waals surface area contributed by atoms with E-state index in [4.69, 9.17) is 4.74 Å². The molecule has 4 nitrogen and oxygen atoms in total. The molecule has 1 heterocycles. The standard InChI is InChI=1S/C15H21NO3S/c1-4-13-11-14(7-8-15(13)19-12(2)3)20(17,18)16-9-5-6-10-16/h4,7-8,11-12H,1,5-6,9-10H2,2-3H3. The molecule has 0 saturated carbocycles. The van der Waals surface area contributed by atoms with Crippen molar-refractivity contribution in [1.82, 2.24) is 4.31 Å². The van der Waals surface area contributed by atoms with E-state index in [1.54, 1.807) is 24.3 Å². The van der Waals surface area contributed by atoms with Crippen LogP contribution in [0, 0.1) is 0 Å². The van der Waals surface area contributed by atoms with Crippen LogP contribution in [0.25, 0.3) is 6.08 Å². The molecule has 110 valence electrons. The molecule has 5 heteroatoms. The quantitative estimate of drug-likeness (QED) is 0.839. The zero-order valence-electron chi connectivity index (χ0n) is 12.0. The van der Waals surface area contributed by atoms with E-state index in [0.29, 0.717) is 29.3 Å². The highest BCUT2D eigenvalue weighted by atomic mass is 32.2. The van der Waals surface area contributed by atoms with Gasteiger partial charge >= 0.3 is 0 Å². The van der Waals surface area contributed by atoms with Crippen LogP contribution in [0.2, 0.25) is 0 Å². The van der Waals surface area contributed by atoms with Gasteiger partial charge in [-0.1, -0.05) is 12.7 Å². The van der Waals surface area contributed by atoms with E-state index in [0.717, 1.165) is 12.8 Å². The number of nitrogens with zero attached hydrogens (tertiary/aromatic N) is 1. The van der Waals surface area contributed by atoms with E-state index in [1.165, 1.54) is 4.31 Å². The summed E-state index contributed by atoms with van der Waals surface area (Å²) in [7, 11) is -3.39. The van der Waals surface area contributed by atoms with Gasteiger partial charge in [0.2, 0.25) is 10.0 Å². The van der Waals surface area contributed by atoms with Crippen LogP contribution in [-0.2, 0) is 10.0 Å². The third kappa shape index (κ3) is 3.04. The predicted octanol–water partition coefficient (Wildman–Crippen LogP) is 2.90. The lowest BCUT2D eigenvalue weighted by Crippen LogP contribution is -2.27. The maximum atomic E-state index is 12.5. The first kappa shape index (κ1) is 15.1. The first-order valence-corrected chi connectivity index (χ1v) is 8.32. The molecule has 0 unspecified atom stereocenters. The van der Waals surface area contributed by atoms with Gasteiger partial charge in [0.15, 0.2) is 0 Å². The molecule has 0 atom stereocenters. The summed E-state index contributed by atoms with van der Waals surface area (Å²) < 4.78 is 32.2. The summed E-state index contributed by atoms with van der Waals surface area (Å²) in [5.41, 5.74) is 0.707. The lowest BCUT2D eigenvalue weighted by atomic mass is 10.2. The number of ether oxygens (including phenoxy) is 1. The summed E-state index contributed by atoms with van der Waals surface area (Å²) in [5.74, 6) is 0.662. The molecule has 2 rings (SSSR count). The van der Waals surface area contributed by atoms with Crippen molar-refractivity contribution in [2.24, 2.45) is 0 Å². The van der Waals surface area contributed by atoms with Gasteiger partial charge in [0.05, 0.1) is 11.0 Å². The summed E-state index contributed by atoms with van der Waals surface area (Å²) >= 11 is 0. The van der Waals surface area contributed by atoms with Crippen molar-refractivity contribution in [3.63, 3.8) is 0 Å². The zero-order chi connectivity index (χ0) is 14.8. The Morgan fingerprint density at radius 1 is 1.30 bits per heavy atom. The van der Waals surface area contributed by atoms with E-state index >= 15 is 0 Å². The van der Waals surface area contributed by atoms with Crippen LogP contribution in [0.3, 0.4) is 0 Å². The van der Waals surface area contributed by atoms with Gasteiger partial charge in [0, 0.05) is 18.7 Å². The fourth-order valence-electron chi connectivity index (χ4n) is 2.29. The Kier molecular flexibility index (Phi) is 4.50. The molecule has 0 aliphatic carbocycles. The highest BCUT2D eigenvalue weighted by Crippen LogP contribution is 2.27. The fraction of sp³-hybridized carbons (Fsp3) is 0.467. The maximum absolute atomic E-state index is 12.5. The van der Waals surface area contributed by atoms with E-state index < -0.39 is 10.0 Å². The van der Waals surface area contributed by atoms with Crippen molar-refractivity contribution in [2.75, 3.05) is 13.1 Å². The van der Waals surface area contributed by atoms with Gasteiger partial charge in [-0.2, -0.15) is 4.31 Å². The zero-order valence-corrected chi connectivity index (χ0v) is 12.8. The number of hydrogen-bond donors (Lipinski definition) is 0. The molecule has 0 radical (unpaired) electrons. The van der Waals surface area contributed by atoms with Crippen molar-refractivity contribution in [3.8, 4) is 5.75 Å². The third-order valence-electron chi connectivity index (χ3n) is 3.27. The molecule has 1 fully saturated rings. The van der Waals surface area contributed by atoms with Crippen LogP contribution < -0.4 is 4.74 Å². The van der Waals surface area contributed by atoms with Gasteiger partial charge in [-0.3, -0.25) is 0 Å². The summed E-state index contributed by atoms with van der Waals surface area (Å²) in [6.45, 7) is 8.81. The molecule has 0 aromatic heterocycles. The molecule has 0 bridgehead atoms. The van der Waals surface area contributed by atoms with E-state index in [1.807, 2.05) is 13.8 Å². The summed E-state index contributed by atoms with van der Waals surface area (Å²) in [5, 5.41) is 0. The van der Waals surface area contributed by atoms with Gasteiger partial charge in [-0.05, 0) is 44.9 Å². The minimum atomic E-state index is -3.39. The number of benzene rings is 1. The SMILES string of the molecule is C=Cc1cc(S(=O)(=O)N2CCCC2)ccc1OC(C)C. The van der Waals surface area contributed by atoms with Crippen molar-refractivity contribution >= 4 is 16.1 Å². The lowest BCUT2D eigenvalue weighted by Gasteiger charge is -2.17. The Labute approximate surface area is 121 Å². The summed E-state index contributed by atoms with van der Waals surface area (Å²) in [6.07, 6.45) is 3.53. The predicted molar refractivity (Wildman–Crippen MR) is 80.3 cm³/mol. The molecule has 1 aromatic rings. The van der Waals surface area contributed by atoms with Gasteiger partial charge in [0.1, 0.15) is 5.75 Å². The molecule has 20 heavy (non-hydrogen) atoms. The smallest absolute Gasteiger partial charge is 0.243 e. The molecule has 1 aliphatic rings. The van der Waals surface area contributed by atoms with Crippen LogP contribution in [0.4, 0.5) is 0 Å². The third-order valence-corrected chi connectivity index (χ3v) is 5.16. The average molecular weight is 295 g/mol. The molecule has 0 spiro atoms. The minimum Gasteiger partial charge on any atom is -0.490 e. The second-order valence-corrected chi connectivity index (χ2v) is 7.12. The Balaban J connectivity index is 2.36. The largest absolute Gasteiger partial charge is 0.490 e. The number of rotatable bonds is 5. The van der Waals surface area contributed by atoms with Crippen LogP contribution in [0.1, 0.15) is 32.3 Å². The Morgan fingerprint density at radius 3 is 2.50 bits per heavy atom. The fourth-order valence-corrected chi connectivity index (χ4v) is 3.84. The highest BCUT2D eigenvalue weighted by molar-refractivity contribution is 7.89. The van der Waals surface area contributed by atoms with Crippen LogP contribution in [-0.4, -0.2) is 31.9 Å². The number of sulfonamides is 1. The molecular formula is C15H21NO3S. The Morgan fingerprint density at radius 2 is 1.95 bits per heavy atom. The highest BCUT2D eigenvalue weighted by Gasteiger charge is 2.27. The molecule has 0 N–H and O–H groups in total. The summed E-state index contributed by atoms with van der Waals surface area (Å²) in [6, 6.07) is 4.96. The van der Waals surface area contributed by atoms with E-state index in [2.05, 4.69) is 6.58 Å². The number of hydrogen-bond acceptors (Lipinski definition) is 3. The first-order chi connectivity index (χ1) is 9.45. The first-order valence-electron chi connectivity index (χ1n) is 6.88. The Bertz CT molecular complexity index is 587. The second kappa shape index (κ2) is 5.97. The monoisotopic (exact) mass is 295 g/mol. The van der Waals surface area contributed by atoms with Crippen molar-refractivity contribution in [1.29, 1.82) is 0 Å². The lowest BCUT2D eigenvalue weighted by molar-refractivity contribution is 0.242. The van der Waals surface area contributed by atoms with Gasteiger partial charge < -0.3 is 4.74 Å². The van der Waals surface area contributed by atoms with Gasteiger partial charge in [-0.15, -0.1) is 0 Å².